The molecule has 0 amide bonds. The Balaban J connectivity index is 1.39. The maximum atomic E-state index is 11.5. The SMILES string of the molecule is COC(=O)CN1CCN(c2ccc(-c3cnc(N)c(OCc4ccnc(N)c4)n3)cc2)CC1. The molecular formula is C23H27N7O3. The van der Waals surface area contributed by atoms with Crippen LogP contribution in [0, 0.1) is 0 Å². The molecule has 172 valence electrons. The van der Waals surface area contributed by atoms with Gasteiger partial charge in [-0.15, -0.1) is 0 Å². The molecule has 2 aromatic heterocycles. The summed E-state index contributed by atoms with van der Waals surface area (Å²) in [6, 6.07) is 11.7. The van der Waals surface area contributed by atoms with Gasteiger partial charge in [0.05, 0.1) is 25.5 Å². The van der Waals surface area contributed by atoms with Gasteiger partial charge >= 0.3 is 5.97 Å². The lowest BCUT2D eigenvalue weighted by Gasteiger charge is -2.35. The Hall–Kier alpha value is -3.92. The Bertz CT molecular complexity index is 1100. The zero-order valence-corrected chi connectivity index (χ0v) is 18.5. The van der Waals surface area contributed by atoms with Crippen molar-refractivity contribution in [3.8, 4) is 17.1 Å². The van der Waals surface area contributed by atoms with Crippen LogP contribution in [-0.4, -0.2) is 65.7 Å². The predicted octanol–water partition coefficient (Wildman–Crippen LogP) is 1.58. The van der Waals surface area contributed by atoms with E-state index in [0.29, 0.717) is 18.1 Å². The number of aromatic nitrogens is 3. The average Bonchev–Trinajstić information content (AvgIpc) is 2.84. The lowest BCUT2D eigenvalue weighted by molar-refractivity contribution is -0.142. The molecule has 4 rings (SSSR count). The van der Waals surface area contributed by atoms with E-state index >= 15 is 0 Å². The Kier molecular flexibility index (Phi) is 6.84. The summed E-state index contributed by atoms with van der Waals surface area (Å²) in [6.45, 7) is 3.90. The number of nitrogen functional groups attached to an aromatic ring is 2. The highest BCUT2D eigenvalue weighted by atomic mass is 16.5. The van der Waals surface area contributed by atoms with Crippen molar-refractivity contribution in [2.24, 2.45) is 0 Å². The minimum absolute atomic E-state index is 0.203. The van der Waals surface area contributed by atoms with Gasteiger partial charge in [0, 0.05) is 43.6 Å². The fourth-order valence-electron chi connectivity index (χ4n) is 3.62. The van der Waals surface area contributed by atoms with Crippen molar-refractivity contribution in [1.82, 2.24) is 19.9 Å². The molecule has 0 bridgehead atoms. The van der Waals surface area contributed by atoms with Crippen LogP contribution in [0.3, 0.4) is 0 Å². The van der Waals surface area contributed by atoms with Gasteiger partial charge in [-0.2, -0.15) is 0 Å². The molecule has 0 radical (unpaired) electrons. The fraction of sp³-hybridized carbons (Fsp3) is 0.304. The summed E-state index contributed by atoms with van der Waals surface area (Å²) in [5.74, 6) is 0.718. The smallest absolute Gasteiger partial charge is 0.319 e. The first-order valence-corrected chi connectivity index (χ1v) is 10.6. The Morgan fingerprint density at radius 3 is 2.52 bits per heavy atom. The molecule has 3 heterocycles. The zero-order chi connectivity index (χ0) is 23.2. The van der Waals surface area contributed by atoms with Gasteiger partial charge in [0.1, 0.15) is 12.4 Å². The second kappa shape index (κ2) is 10.1. The first kappa shape index (κ1) is 22.3. The molecule has 3 aromatic rings. The van der Waals surface area contributed by atoms with E-state index < -0.39 is 0 Å². The average molecular weight is 450 g/mol. The molecule has 0 atom stereocenters. The van der Waals surface area contributed by atoms with Crippen LogP contribution in [-0.2, 0) is 16.1 Å². The van der Waals surface area contributed by atoms with Crippen LogP contribution in [0.15, 0.2) is 48.8 Å². The van der Waals surface area contributed by atoms with E-state index in [1.807, 2.05) is 18.2 Å². The van der Waals surface area contributed by atoms with E-state index in [4.69, 9.17) is 20.9 Å². The number of ether oxygens (including phenoxy) is 2. The van der Waals surface area contributed by atoms with Crippen molar-refractivity contribution >= 4 is 23.3 Å². The molecule has 1 fully saturated rings. The van der Waals surface area contributed by atoms with Crippen LogP contribution in [0.5, 0.6) is 5.88 Å². The Morgan fingerprint density at radius 2 is 1.82 bits per heavy atom. The quantitative estimate of drug-likeness (QED) is 0.512. The van der Waals surface area contributed by atoms with E-state index in [1.165, 1.54) is 7.11 Å². The first-order valence-electron chi connectivity index (χ1n) is 10.6. The number of pyridine rings is 1. The number of rotatable bonds is 7. The molecule has 0 aliphatic carbocycles. The molecule has 1 aliphatic rings. The minimum Gasteiger partial charge on any atom is -0.470 e. The fourth-order valence-corrected chi connectivity index (χ4v) is 3.62. The van der Waals surface area contributed by atoms with E-state index in [2.05, 4.69) is 36.9 Å². The number of esters is 1. The van der Waals surface area contributed by atoms with Gasteiger partial charge in [-0.1, -0.05) is 12.1 Å². The van der Waals surface area contributed by atoms with Gasteiger partial charge in [-0.3, -0.25) is 9.69 Å². The summed E-state index contributed by atoms with van der Waals surface area (Å²) < 4.78 is 10.5. The second-order valence-electron chi connectivity index (χ2n) is 7.71. The van der Waals surface area contributed by atoms with E-state index in [0.717, 1.165) is 43.0 Å². The number of hydrogen-bond acceptors (Lipinski definition) is 10. The molecule has 10 heteroatoms. The molecule has 1 aliphatic heterocycles. The predicted molar refractivity (Wildman–Crippen MR) is 126 cm³/mol. The number of nitrogens with zero attached hydrogens (tertiary/aromatic N) is 5. The largest absolute Gasteiger partial charge is 0.470 e. The van der Waals surface area contributed by atoms with Crippen molar-refractivity contribution in [3.05, 3.63) is 54.4 Å². The third-order valence-electron chi connectivity index (χ3n) is 5.47. The number of carbonyl (C=O) groups is 1. The summed E-state index contributed by atoms with van der Waals surface area (Å²) in [5.41, 5.74) is 15.2. The van der Waals surface area contributed by atoms with Gasteiger partial charge in [0.15, 0.2) is 5.82 Å². The van der Waals surface area contributed by atoms with Crippen LogP contribution >= 0.6 is 0 Å². The van der Waals surface area contributed by atoms with Crippen molar-refractivity contribution in [2.75, 3.05) is 56.2 Å². The van der Waals surface area contributed by atoms with Crippen molar-refractivity contribution in [2.45, 2.75) is 6.61 Å². The van der Waals surface area contributed by atoms with Crippen LogP contribution < -0.4 is 21.1 Å². The highest BCUT2D eigenvalue weighted by Crippen LogP contribution is 2.26. The Morgan fingerprint density at radius 1 is 1.06 bits per heavy atom. The lowest BCUT2D eigenvalue weighted by Crippen LogP contribution is -2.48. The molecule has 1 aromatic carbocycles. The van der Waals surface area contributed by atoms with E-state index in [9.17, 15) is 4.79 Å². The summed E-state index contributed by atoms with van der Waals surface area (Å²) in [4.78, 5) is 28.6. The number of methoxy groups -OCH3 is 1. The molecule has 1 saturated heterocycles. The summed E-state index contributed by atoms with van der Waals surface area (Å²) >= 11 is 0. The van der Waals surface area contributed by atoms with Gasteiger partial charge in [0.2, 0.25) is 0 Å². The monoisotopic (exact) mass is 449 g/mol. The number of benzene rings is 1. The highest BCUT2D eigenvalue weighted by molar-refractivity contribution is 5.71. The van der Waals surface area contributed by atoms with Crippen LogP contribution in [0.25, 0.3) is 11.3 Å². The van der Waals surface area contributed by atoms with Crippen LogP contribution in [0.1, 0.15) is 5.56 Å². The zero-order valence-electron chi connectivity index (χ0n) is 18.5. The Labute approximate surface area is 192 Å². The molecule has 10 nitrogen and oxygen atoms in total. The van der Waals surface area contributed by atoms with E-state index in [1.54, 1.807) is 18.5 Å². The number of nitrogens with two attached hydrogens (primary N) is 2. The molecule has 33 heavy (non-hydrogen) atoms. The molecule has 0 spiro atoms. The third-order valence-corrected chi connectivity index (χ3v) is 5.47. The third kappa shape index (κ3) is 5.66. The van der Waals surface area contributed by atoms with Gasteiger partial charge < -0.3 is 25.8 Å². The summed E-state index contributed by atoms with van der Waals surface area (Å²) in [7, 11) is 1.41. The first-order chi connectivity index (χ1) is 16.0. The highest BCUT2D eigenvalue weighted by Gasteiger charge is 2.19. The topological polar surface area (TPSA) is 133 Å². The maximum Gasteiger partial charge on any atom is 0.319 e. The number of hydrogen-bond donors (Lipinski definition) is 2. The number of piperazine rings is 1. The summed E-state index contributed by atoms with van der Waals surface area (Å²) in [5, 5.41) is 0. The standard InChI is InChI=1S/C23H27N7O3/c1-32-21(31)14-29-8-10-30(11-9-29)18-4-2-17(3-5-18)19-13-27-22(25)23(28-19)33-15-16-6-7-26-20(24)12-16/h2-7,12-13H,8-11,14-15H2,1H3,(H2,24,26)(H2,25,27). The van der Waals surface area contributed by atoms with Crippen LogP contribution in [0.4, 0.5) is 17.3 Å². The number of anilines is 3. The second-order valence-corrected chi connectivity index (χ2v) is 7.71. The van der Waals surface area contributed by atoms with Crippen LogP contribution in [0.2, 0.25) is 0 Å². The molecular weight excluding hydrogens is 422 g/mol. The number of carbonyl (C=O) groups excluding carboxylic acids is 1. The van der Waals surface area contributed by atoms with Gasteiger partial charge in [-0.05, 0) is 29.8 Å². The van der Waals surface area contributed by atoms with Crippen molar-refractivity contribution in [1.29, 1.82) is 0 Å². The molecule has 4 N–H and O–H groups in total. The van der Waals surface area contributed by atoms with E-state index in [-0.39, 0.29) is 24.3 Å². The van der Waals surface area contributed by atoms with Gasteiger partial charge in [-0.25, -0.2) is 15.0 Å². The molecule has 0 unspecified atom stereocenters. The van der Waals surface area contributed by atoms with Crippen molar-refractivity contribution < 1.29 is 14.3 Å². The molecule has 0 saturated carbocycles. The van der Waals surface area contributed by atoms with Crippen molar-refractivity contribution in [3.63, 3.8) is 0 Å². The van der Waals surface area contributed by atoms with Gasteiger partial charge in [0.25, 0.3) is 5.88 Å². The maximum absolute atomic E-state index is 11.5. The minimum atomic E-state index is -0.203. The normalized spacial score (nSPS) is 14.2. The summed E-state index contributed by atoms with van der Waals surface area (Å²) in [6.07, 6.45) is 3.26. The lowest BCUT2D eigenvalue weighted by atomic mass is 10.1.